The first kappa shape index (κ1) is 27.2. The highest BCUT2D eigenvalue weighted by molar-refractivity contribution is 7.78. The molecular weight excluding hydrogens is 352 g/mol. The van der Waals surface area contributed by atoms with Gasteiger partial charge in [0, 0.05) is 24.4 Å². The maximum atomic E-state index is 7.26. The summed E-state index contributed by atoms with van der Waals surface area (Å²) in [7, 11) is -2.56. The van der Waals surface area contributed by atoms with Crippen LogP contribution >= 0.6 is 12.2 Å². The maximum Gasteiger partial charge on any atom is 0.501 e. The predicted octanol–water partition coefficient (Wildman–Crippen LogP) is 6.45. The molecule has 0 fully saturated rings. The first-order valence-electron chi connectivity index (χ1n) is 9.84. The van der Waals surface area contributed by atoms with E-state index in [4.69, 9.17) is 18.4 Å². The van der Waals surface area contributed by atoms with E-state index in [-0.39, 0.29) is 18.3 Å². The molecule has 0 heterocycles. The lowest BCUT2D eigenvalue weighted by Gasteiger charge is -2.34. The van der Waals surface area contributed by atoms with Crippen LogP contribution in [-0.4, -0.2) is 37.8 Å². The van der Waals surface area contributed by atoms with E-state index in [9.17, 15) is 0 Å². The molecule has 0 saturated carbocycles. The van der Waals surface area contributed by atoms with E-state index in [2.05, 4.69) is 60.7 Å². The lowest BCUT2D eigenvalue weighted by Crippen LogP contribution is -2.50. The lowest BCUT2D eigenvalue weighted by atomic mass is 10.1. The summed E-state index contributed by atoms with van der Waals surface area (Å²) in [5, 5.41) is 7.26. The molecule has 152 valence electrons. The third-order valence-corrected chi connectivity index (χ3v) is 6.79. The molecule has 4 nitrogen and oxygen atoms in total. The summed E-state index contributed by atoms with van der Waals surface area (Å²) in [4.78, 5) is 0. The molecule has 0 aliphatic heterocycles. The number of rotatable bonds is 14. The first-order valence-corrected chi connectivity index (χ1v) is 12.2. The molecule has 1 N–H and O–H groups in total. The summed E-state index contributed by atoms with van der Waals surface area (Å²) in [6.07, 6.45) is 9.54. The molecule has 0 aliphatic carbocycles. The largest absolute Gasteiger partial charge is 0.504 e. The Hall–Kier alpha value is -0.0131. The molecule has 0 aromatic rings. The Kier molecular flexibility index (Phi) is 18.9. The number of aliphatic hydroxyl groups is 1. The molecular formula is C19H42O4SSi. The minimum absolute atomic E-state index is 0.147. The molecule has 25 heavy (non-hydrogen) atoms. The Morgan fingerprint density at radius 2 is 1.08 bits per heavy atom. The van der Waals surface area contributed by atoms with Crippen LogP contribution in [-0.2, 0) is 13.3 Å². The second-order valence-corrected chi connectivity index (χ2v) is 9.94. The van der Waals surface area contributed by atoms with E-state index in [1.165, 1.54) is 38.5 Å². The van der Waals surface area contributed by atoms with Crippen LogP contribution in [0, 0.1) is 0 Å². The highest BCUT2D eigenvalue weighted by atomic mass is 32.1. The van der Waals surface area contributed by atoms with Gasteiger partial charge < -0.3 is 18.4 Å². The van der Waals surface area contributed by atoms with Gasteiger partial charge in [0.25, 0.3) is 0 Å². The minimum Gasteiger partial charge on any atom is -0.504 e. The van der Waals surface area contributed by atoms with Gasteiger partial charge >= 0.3 is 8.80 Å². The van der Waals surface area contributed by atoms with Crippen molar-refractivity contribution in [1.29, 1.82) is 0 Å². The Bertz CT molecular complexity index is 273. The highest BCUT2D eigenvalue weighted by Crippen LogP contribution is 2.25. The van der Waals surface area contributed by atoms with Crippen molar-refractivity contribution in [2.45, 2.75) is 118 Å². The normalized spacial score (nSPS) is 11.8. The first-order chi connectivity index (χ1) is 11.7. The van der Waals surface area contributed by atoms with Crippen molar-refractivity contribution < 1.29 is 18.4 Å². The number of thiocarbonyl (C=S) groups is 1. The number of hydrogen-bond donors (Lipinski definition) is 1. The molecule has 0 aromatic heterocycles. The van der Waals surface area contributed by atoms with E-state index >= 15 is 0 Å². The Balaban J connectivity index is 0. The second-order valence-electron chi connectivity index (χ2n) is 7.16. The standard InChI is InChI=1S/C18H40O3Si.CH2OS/c1-8-9-10-11-12-13-14-15-22(19-16(2)3,20-17(4)5)21-18(6)7;2-1-3/h16-18H,8-15H2,1-7H3;1H,(H,2,3). The van der Waals surface area contributed by atoms with Gasteiger partial charge in [0.05, 0.1) is 0 Å². The van der Waals surface area contributed by atoms with Crippen LogP contribution in [0.2, 0.25) is 6.04 Å². The van der Waals surface area contributed by atoms with Gasteiger partial charge in [-0.1, -0.05) is 45.4 Å². The zero-order valence-electron chi connectivity index (χ0n) is 17.5. The molecule has 6 heteroatoms. The molecule has 0 atom stereocenters. The summed E-state index contributed by atoms with van der Waals surface area (Å²) < 4.78 is 18.6. The van der Waals surface area contributed by atoms with Crippen LogP contribution in [0.5, 0.6) is 0 Å². The van der Waals surface area contributed by atoms with Gasteiger partial charge in [0.1, 0.15) is 5.55 Å². The highest BCUT2D eigenvalue weighted by Gasteiger charge is 2.43. The number of unbranched alkanes of at least 4 members (excludes halogenated alkanes) is 6. The van der Waals surface area contributed by atoms with E-state index in [1.54, 1.807) is 0 Å². The van der Waals surface area contributed by atoms with Crippen molar-refractivity contribution >= 4 is 26.6 Å². The average Bonchev–Trinajstić information content (AvgIpc) is 2.44. The van der Waals surface area contributed by atoms with E-state index in [1.807, 2.05) is 0 Å². The molecule has 0 aromatic carbocycles. The molecule has 0 saturated heterocycles. The van der Waals surface area contributed by atoms with Crippen molar-refractivity contribution in [2.75, 3.05) is 0 Å². The molecule has 0 aliphatic rings. The van der Waals surface area contributed by atoms with Crippen molar-refractivity contribution in [3.8, 4) is 0 Å². The van der Waals surface area contributed by atoms with Gasteiger partial charge in [0.15, 0.2) is 0 Å². The maximum absolute atomic E-state index is 7.26. The Morgan fingerprint density at radius 1 is 0.760 bits per heavy atom. The van der Waals surface area contributed by atoms with Crippen LogP contribution in [0.15, 0.2) is 0 Å². The van der Waals surface area contributed by atoms with Gasteiger partial charge in [-0.05, 0) is 60.2 Å². The van der Waals surface area contributed by atoms with Gasteiger partial charge in [-0.25, -0.2) is 0 Å². The van der Waals surface area contributed by atoms with Gasteiger partial charge in [-0.2, -0.15) is 0 Å². The van der Waals surface area contributed by atoms with Crippen molar-refractivity contribution in [2.24, 2.45) is 0 Å². The summed E-state index contributed by atoms with van der Waals surface area (Å²) in [5.41, 5.74) is 0.583. The predicted molar refractivity (Wildman–Crippen MR) is 114 cm³/mol. The monoisotopic (exact) mass is 394 g/mol. The van der Waals surface area contributed by atoms with Gasteiger partial charge in [-0.3, -0.25) is 0 Å². The van der Waals surface area contributed by atoms with Crippen LogP contribution in [0.3, 0.4) is 0 Å². The van der Waals surface area contributed by atoms with Crippen molar-refractivity contribution in [3.63, 3.8) is 0 Å². The van der Waals surface area contributed by atoms with Crippen LogP contribution in [0.4, 0.5) is 0 Å². The fraction of sp³-hybridized carbons (Fsp3) is 0.947. The minimum atomic E-state index is -2.56. The Labute approximate surface area is 163 Å². The SMILES string of the molecule is CCCCCCCCC[Si](OC(C)C)(OC(C)C)OC(C)C.OC=S. The van der Waals surface area contributed by atoms with Crippen molar-refractivity contribution in [1.82, 2.24) is 0 Å². The van der Waals surface area contributed by atoms with E-state index in [0.717, 1.165) is 12.5 Å². The fourth-order valence-electron chi connectivity index (χ4n) is 2.64. The van der Waals surface area contributed by atoms with Crippen molar-refractivity contribution in [3.05, 3.63) is 0 Å². The third kappa shape index (κ3) is 18.6. The zero-order chi connectivity index (χ0) is 19.7. The molecule has 0 amide bonds. The summed E-state index contributed by atoms with van der Waals surface area (Å²) in [5.74, 6) is 0. The van der Waals surface area contributed by atoms with E-state index < -0.39 is 8.80 Å². The molecule has 0 bridgehead atoms. The van der Waals surface area contributed by atoms with Crippen LogP contribution in [0.25, 0.3) is 0 Å². The fourth-order valence-corrected chi connectivity index (χ4v) is 5.99. The summed E-state index contributed by atoms with van der Waals surface area (Å²) in [6.45, 7) is 14.7. The van der Waals surface area contributed by atoms with E-state index in [0.29, 0.717) is 5.55 Å². The zero-order valence-corrected chi connectivity index (χ0v) is 19.4. The molecule has 0 radical (unpaired) electrons. The third-order valence-electron chi connectivity index (χ3n) is 3.33. The summed E-state index contributed by atoms with van der Waals surface area (Å²) in [6, 6.07) is 0.940. The molecule has 0 unspecified atom stereocenters. The summed E-state index contributed by atoms with van der Waals surface area (Å²) >= 11 is 3.82. The average molecular weight is 395 g/mol. The lowest BCUT2D eigenvalue weighted by molar-refractivity contribution is 0.00278. The van der Waals surface area contributed by atoms with Crippen LogP contribution in [0.1, 0.15) is 93.4 Å². The number of aliphatic hydroxyl groups excluding tert-OH is 1. The number of hydrogen-bond acceptors (Lipinski definition) is 4. The topological polar surface area (TPSA) is 47.9 Å². The quantitative estimate of drug-likeness (QED) is 0.208. The van der Waals surface area contributed by atoms with Gasteiger partial charge in [-0.15, -0.1) is 0 Å². The van der Waals surface area contributed by atoms with Gasteiger partial charge in [0.2, 0.25) is 0 Å². The second kappa shape index (κ2) is 17.4. The Morgan fingerprint density at radius 3 is 1.40 bits per heavy atom. The molecule has 0 spiro atoms. The van der Waals surface area contributed by atoms with Crippen LogP contribution < -0.4 is 0 Å². The smallest absolute Gasteiger partial charge is 0.501 e. The molecule has 0 rings (SSSR count).